The number of aliphatic hydroxyl groups is 1. The van der Waals surface area contributed by atoms with Crippen LogP contribution < -0.4 is 0 Å². The lowest BCUT2D eigenvalue weighted by Crippen LogP contribution is -2.04. The van der Waals surface area contributed by atoms with Gasteiger partial charge in [-0.25, -0.2) is 0 Å². The van der Waals surface area contributed by atoms with E-state index in [2.05, 4.69) is 25.1 Å². The molecule has 1 heteroatoms. The monoisotopic (exact) mass is 162 g/mol. The summed E-state index contributed by atoms with van der Waals surface area (Å²) in [4.78, 5) is 0. The third-order valence-corrected chi connectivity index (χ3v) is 2.77. The van der Waals surface area contributed by atoms with Crippen LogP contribution in [0.4, 0.5) is 0 Å². The first kappa shape index (κ1) is 7.81. The molecule has 0 saturated carbocycles. The minimum Gasteiger partial charge on any atom is -0.396 e. The number of hydrogen-bond acceptors (Lipinski definition) is 1. The lowest BCUT2D eigenvalue weighted by Gasteiger charge is -2.02. The van der Waals surface area contributed by atoms with Crippen molar-refractivity contribution in [2.45, 2.75) is 19.8 Å². The molecule has 1 aromatic carbocycles. The third kappa shape index (κ3) is 1.14. The lowest BCUT2D eigenvalue weighted by atomic mass is 10.0. The van der Waals surface area contributed by atoms with Gasteiger partial charge in [-0.2, -0.15) is 0 Å². The Morgan fingerprint density at radius 2 is 2.25 bits per heavy atom. The first-order chi connectivity index (χ1) is 5.81. The van der Waals surface area contributed by atoms with Crippen molar-refractivity contribution in [3.8, 4) is 0 Å². The molecule has 0 radical (unpaired) electrons. The molecule has 1 aliphatic carbocycles. The van der Waals surface area contributed by atoms with E-state index in [1.165, 1.54) is 16.7 Å². The highest BCUT2D eigenvalue weighted by molar-refractivity contribution is 5.38. The maximum atomic E-state index is 9.03. The average Bonchev–Trinajstić information content (AvgIpc) is 2.49. The first-order valence-electron chi connectivity index (χ1n) is 4.49. The zero-order chi connectivity index (χ0) is 8.55. The number of aliphatic hydroxyl groups excluding tert-OH is 1. The second-order valence-corrected chi connectivity index (χ2v) is 3.67. The minimum absolute atomic E-state index is 0.328. The van der Waals surface area contributed by atoms with Crippen molar-refractivity contribution < 1.29 is 5.11 Å². The van der Waals surface area contributed by atoms with Crippen LogP contribution in [0.1, 0.15) is 16.7 Å². The molecule has 12 heavy (non-hydrogen) atoms. The third-order valence-electron chi connectivity index (χ3n) is 2.77. The number of rotatable bonds is 1. The fraction of sp³-hybridized carbons (Fsp3) is 0.455. The molecule has 0 aliphatic heterocycles. The molecule has 64 valence electrons. The standard InChI is InChI=1S/C11H14O/c1-8-3-2-4-10-5-9(7-12)6-11(8)10/h2-4,9,12H,5-7H2,1H3. The SMILES string of the molecule is Cc1cccc2c1CC(CO)C2. The smallest absolute Gasteiger partial charge is 0.0465 e. The van der Waals surface area contributed by atoms with E-state index < -0.39 is 0 Å². The van der Waals surface area contributed by atoms with E-state index in [-0.39, 0.29) is 0 Å². The van der Waals surface area contributed by atoms with Crippen LogP contribution in [0.5, 0.6) is 0 Å². The van der Waals surface area contributed by atoms with Gasteiger partial charge < -0.3 is 5.11 Å². The molecule has 1 N–H and O–H groups in total. The number of fused-ring (bicyclic) bond motifs is 1. The summed E-state index contributed by atoms with van der Waals surface area (Å²) in [5, 5.41) is 9.03. The van der Waals surface area contributed by atoms with Crippen LogP contribution in [-0.4, -0.2) is 11.7 Å². The molecular weight excluding hydrogens is 148 g/mol. The van der Waals surface area contributed by atoms with Crippen molar-refractivity contribution in [1.82, 2.24) is 0 Å². The molecule has 0 aromatic heterocycles. The van der Waals surface area contributed by atoms with Gasteiger partial charge in [-0.1, -0.05) is 18.2 Å². The van der Waals surface area contributed by atoms with Crippen LogP contribution in [0.2, 0.25) is 0 Å². The zero-order valence-electron chi connectivity index (χ0n) is 7.38. The molecule has 1 aromatic rings. The van der Waals surface area contributed by atoms with Gasteiger partial charge in [0.05, 0.1) is 0 Å². The van der Waals surface area contributed by atoms with Crippen molar-refractivity contribution in [3.63, 3.8) is 0 Å². The largest absolute Gasteiger partial charge is 0.396 e. The quantitative estimate of drug-likeness (QED) is 0.666. The van der Waals surface area contributed by atoms with Gasteiger partial charge in [-0.15, -0.1) is 0 Å². The van der Waals surface area contributed by atoms with Crippen molar-refractivity contribution in [1.29, 1.82) is 0 Å². The zero-order valence-corrected chi connectivity index (χ0v) is 7.38. The van der Waals surface area contributed by atoms with E-state index in [4.69, 9.17) is 5.11 Å². The van der Waals surface area contributed by atoms with Crippen molar-refractivity contribution in [2.75, 3.05) is 6.61 Å². The normalized spacial score (nSPS) is 21.0. The summed E-state index contributed by atoms with van der Waals surface area (Å²) in [6, 6.07) is 6.44. The van der Waals surface area contributed by atoms with Crippen LogP contribution in [-0.2, 0) is 12.8 Å². The molecule has 2 rings (SSSR count). The molecule has 0 heterocycles. The second-order valence-electron chi connectivity index (χ2n) is 3.67. The number of aryl methyl sites for hydroxylation is 1. The van der Waals surface area contributed by atoms with Crippen LogP contribution in [0, 0.1) is 12.8 Å². The summed E-state index contributed by atoms with van der Waals surface area (Å²) in [7, 11) is 0. The van der Waals surface area contributed by atoms with Gasteiger partial charge in [-0.05, 0) is 42.4 Å². The summed E-state index contributed by atoms with van der Waals surface area (Å²) >= 11 is 0. The van der Waals surface area contributed by atoms with Gasteiger partial charge in [0.2, 0.25) is 0 Å². The first-order valence-corrected chi connectivity index (χ1v) is 4.49. The van der Waals surface area contributed by atoms with Gasteiger partial charge in [0.15, 0.2) is 0 Å². The van der Waals surface area contributed by atoms with Crippen molar-refractivity contribution in [2.24, 2.45) is 5.92 Å². The van der Waals surface area contributed by atoms with Crippen LogP contribution >= 0.6 is 0 Å². The van der Waals surface area contributed by atoms with Gasteiger partial charge in [-0.3, -0.25) is 0 Å². The Balaban J connectivity index is 2.35. The molecule has 0 bridgehead atoms. The average molecular weight is 162 g/mol. The lowest BCUT2D eigenvalue weighted by molar-refractivity contribution is 0.232. The molecule has 1 unspecified atom stereocenters. The fourth-order valence-corrected chi connectivity index (χ4v) is 2.05. The molecule has 0 amide bonds. The predicted octanol–water partition coefficient (Wildman–Crippen LogP) is 1.70. The summed E-state index contributed by atoms with van der Waals surface area (Å²) in [5.41, 5.74) is 4.29. The Labute approximate surface area is 73.0 Å². The molecule has 0 fully saturated rings. The predicted molar refractivity (Wildman–Crippen MR) is 49.2 cm³/mol. The van der Waals surface area contributed by atoms with E-state index in [1.54, 1.807) is 0 Å². The summed E-state index contributed by atoms with van der Waals surface area (Å²) in [6.07, 6.45) is 2.13. The Morgan fingerprint density at radius 3 is 2.92 bits per heavy atom. The van der Waals surface area contributed by atoms with Gasteiger partial charge in [0.25, 0.3) is 0 Å². The van der Waals surface area contributed by atoms with E-state index in [0.717, 1.165) is 12.8 Å². The van der Waals surface area contributed by atoms with Gasteiger partial charge >= 0.3 is 0 Å². The van der Waals surface area contributed by atoms with E-state index in [0.29, 0.717) is 12.5 Å². The molecule has 1 aliphatic rings. The maximum Gasteiger partial charge on any atom is 0.0465 e. The maximum absolute atomic E-state index is 9.03. The fourth-order valence-electron chi connectivity index (χ4n) is 2.05. The molecule has 0 saturated heterocycles. The highest BCUT2D eigenvalue weighted by Crippen LogP contribution is 2.28. The van der Waals surface area contributed by atoms with Gasteiger partial charge in [0.1, 0.15) is 0 Å². The summed E-state index contributed by atoms with van der Waals surface area (Å²) in [6.45, 7) is 2.48. The molecule has 1 atom stereocenters. The Hall–Kier alpha value is -0.820. The summed E-state index contributed by atoms with van der Waals surface area (Å²) in [5.74, 6) is 0.473. The van der Waals surface area contributed by atoms with E-state index in [9.17, 15) is 0 Å². The van der Waals surface area contributed by atoms with Crippen LogP contribution in [0.25, 0.3) is 0 Å². The van der Waals surface area contributed by atoms with Gasteiger partial charge in [0, 0.05) is 6.61 Å². The topological polar surface area (TPSA) is 20.2 Å². The number of hydrogen-bond donors (Lipinski definition) is 1. The van der Waals surface area contributed by atoms with Crippen molar-refractivity contribution in [3.05, 3.63) is 34.9 Å². The Kier molecular flexibility index (Phi) is 1.89. The molecule has 0 spiro atoms. The summed E-state index contributed by atoms with van der Waals surface area (Å²) < 4.78 is 0. The highest BCUT2D eigenvalue weighted by atomic mass is 16.3. The Bertz CT molecular complexity index is 291. The van der Waals surface area contributed by atoms with E-state index in [1.807, 2.05) is 0 Å². The second kappa shape index (κ2) is 2.91. The van der Waals surface area contributed by atoms with Crippen LogP contribution in [0.15, 0.2) is 18.2 Å². The minimum atomic E-state index is 0.328. The van der Waals surface area contributed by atoms with Crippen LogP contribution in [0.3, 0.4) is 0 Å². The van der Waals surface area contributed by atoms with E-state index >= 15 is 0 Å². The molecule has 1 nitrogen and oxygen atoms in total. The highest BCUT2D eigenvalue weighted by Gasteiger charge is 2.21. The molecular formula is C11H14O. The van der Waals surface area contributed by atoms with Crippen molar-refractivity contribution >= 4 is 0 Å². The number of benzene rings is 1. The Morgan fingerprint density at radius 1 is 1.42 bits per heavy atom.